The second-order valence-corrected chi connectivity index (χ2v) is 5.23. The Kier molecular flexibility index (Phi) is 6.62. The Hall–Kier alpha value is -0.940. The first kappa shape index (κ1) is 17.1. The van der Waals surface area contributed by atoms with Crippen LogP contribution in [0.2, 0.25) is 5.02 Å². The molecule has 0 radical (unpaired) electrons. The molecular weight excluding hydrogens is 291 g/mol. The number of ether oxygens (including phenoxy) is 1. The van der Waals surface area contributed by atoms with Crippen LogP contribution in [-0.2, 0) is 6.54 Å². The zero-order chi connectivity index (χ0) is 15.2. The van der Waals surface area contributed by atoms with Crippen LogP contribution in [0.5, 0.6) is 5.75 Å². The Morgan fingerprint density at radius 1 is 1.30 bits per heavy atom. The van der Waals surface area contributed by atoms with Crippen molar-refractivity contribution < 1.29 is 17.9 Å². The summed E-state index contributed by atoms with van der Waals surface area (Å²) in [5.74, 6) is 0.535. The van der Waals surface area contributed by atoms with Crippen molar-refractivity contribution >= 4 is 11.6 Å². The maximum atomic E-state index is 12.0. The topological polar surface area (TPSA) is 21.3 Å². The molecule has 2 nitrogen and oxygen atoms in total. The lowest BCUT2D eigenvalue weighted by Gasteiger charge is -2.15. The van der Waals surface area contributed by atoms with Gasteiger partial charge in [0.15, 0.2) is 0 Å². The molecule has 6 heteroatoms. The number of alkyl halides is 3. The van der Waals surface area contributed by atoms with Crippen LogP contribution < -0.4 is 10.1 Å². The van der Waals surface area contributed by atoms with E-state index in [1.807, 2.05) is 13.8 Å². The summed E-state index contributed by atoms with van der Waals surface area (Å²) in [5, 5.41) is 3.76. The Morgan fingerprint density at radius 2 is 2.00 bits per heavy atom. The fourth-order valence-electron chi connectivity index (χ4n) is 1.61. The minimum Gasteiger partial charge on any atom is -0.493 e. The molecule has 0 aliphatic heterocycles. The second-order valence-electron chi connectivity index (χ2n) is 4.82. The van der Waals surface area contributed by atoms with Gasteiger partial charge in [0.1, 0.15) is 5.75 Å². The van der Waals surface area contributed by atoms with Crippen LogP contribution in [0.4, 0.5) is 13.2 Å². The second kappa shape index (κ2) is 7.74. The molecular formula is C14H19ClF3NO. The minimum absolute atomic E-state index is 0.0224. The summed E-state index contributed by atoms with van der Waals surface area (Å²) in [5.41, 5.74) is 0.773. The van der Waals surface area contributed by atoms with Gasteiger partial charge in [0.05, 0.1) is 6.61 Å². The van der Waals surface area contributed by atoms with Gasteiger partial charge in [-0.2, -0.15) is 13.2 Å². The molecule has 114 valence electrons. The average molecular weight is 310 g/mol. The van der Waals surface area contributed by atoms with Crippen LogP contribution in [0.3, 0.4) is 0 Å². The van der Waals surface area contributed by atoms with Gasteiger partial charge < -0.3 is 10.1 Å². The molecule has 1 aromatic rings. The van der Waals surface area contributed by atoms with Crippen LogP contribution in [0.25, 0.3) is 0 Å². The van der Waals surface area contributed by atoms with Crippen molar-refractivity contribution in [3.05, 3.63) is 28.8 Å². The van der Waals surface area contributed by atoms with E-state index in [4.69, 9.17) is 16.3 Å². The number of rotatable bonds is 7. The van der Waals surface area contributed by atoms with Crippen molar-refractivity contribution in [1.29, 1.82) is 0 Å². The van der Waals surface area contributed by atoms with E-state index in [2.05, 4.69) is 5.32 Å². The first-order valence-electron chi connectivity index (χ1n) is 6.50. The van der Waals surface area contributed by atoms with Gasteiger partial charge in [-0.25, -0.2) is 0 Å². The van der Waals surface area contributed by atoms with Crippen LogP contribution >= 0.6 is 11.6 Å². The maximum absolute atomic E-state index is 12.0. The highest BCUT2D eigenvalue weighted by atomic mass is 35.5. The van der Waals surface area contributed by atoms with Crippen molar-refractivity contribution in [2.75, 3.05) is 6.61 Å². The lowest BCUT2D eigenvalue weighted by Crippen LogP contribution is -2.22. The summed E-state index contributed by atoms with van der Waals surface area (Å²) in [6.45, 7) is 4.54. The third-order valence-electron chi connectivity index (χ3n) is 2.63. The third-order valence-corrected chi connectivity index (χ3v) is 2.98. The zero-order valence-electron chi connectivity index (χ0n) is 11.6. The highest BCUT2D eigenvalue weighted by Gasteiger charge is 2.26. The van der Waals surface area contributed by atoms with Crippen molar-refractivity contribution in [3.8, 4) is 5.75 Å². The summed E-state index contributed by atoms with van der Waals surface area (Å²) in [4.78, 5) is 0. The van der Waals surface area contributed by atoms with E-state index in [-0.39, 0.29) is 19.1 Å². The lowest BCUT2D eigenvalue weighted by atomic mass is 10.2. The van der Waals surface area contributed by atoms with Gasteiger partial charge >= 0.3 is 6.18 Å². The summed E-state index contributed by atoms with van der Waals surface area (Å²) < 4.78 is 41.6. The number of halogens is 4. The summed E-state index contributed by atoms with van der Waals surface area (Å²) in [6, 6.07) is 5.46. The van der Waals surface area contributed by atoms with E-state index in [0.29, 0.717) is 17.3 Å². The van der Waals surface area contributed by atoms with Gasteiger partial charge in [0.2, 0.25) is 0 Å². The number of hydrogen-bond donors (Lipinski definition) is 1. The summed E-state index contributed by atoms with van der Waals surface area (Å²) >= 11 is 6.10. The predicted octanol–water partition coefficient (Wildman–Crippen LogP) is 4.56. The molecule has 0 unspecified atom stereocenters. The van der Waals surface area contributed by atoms with Crippen LogP contribution in [0.1, 0.15) is 32.3 Å². The summed E-state index contributed by atoms with van der Waals surface area (Å²) in [6.07, 6.45) is -5.04. The highest BCUT2D eigenvalue weighted by Crippen LogP contribution is 2.27. The summed E-state index contributed by atoms with van der Waals surface area (Å²) in [7, 11) is 0. The molecule has 0 bridgehead atoms. The molecule has 0 aliphatic rings. The minimum atomic E-state index is -4.14. The molecule has 0 aromatic heterocycles. The first-order chi connectivity index (χ1) is 9.29. The molecule has 0 spiro atoms. The first-order valence-corrected chi connectivity index (χ1v) is 6.87. The standard InChI is InChI=1S/C14H19ClF3NO/c1-10(2)19-9-11-12(15)5-3-6-13(11)20-8-4-7-14(16,17)18/h3,5-6,10,19H,4,7-9H2,1-2H3. The van der Waals surface area contributed by atoms with E-state index in [9.17, 15) is 13.2 Å². The Bertz CT molecular complexity index is 421. The van der Waals surface area contributed by atoms with Gasteiger partial charge in [0, 0.05) is 29.6 Å². The molecule has 0 heterocycles. The average Bonchev–Trinajstić information content (AvgIpc) is 2.32. The molecule has 20 heavy (non-hydrogen) atoms. The highest BCUT2D eigenvalue weighted by molar-refractivity contribution is 6.31. The molecule has 1 rings (SSSR count). The third kappa shape index (κ3) is 6.48. The van der Waals surface area contributed by atoms with Gasteiger partial charge in [-0.05, 0) is 18.6 Å². The number of nitrogens with one attached hydrogen (secondary N) is 1. The van der Waals surface area contributed by atoms with E-state index < -0.39 is 12.6 Å². The van der Waals surface area contributed by atoms with Crippen molar-refractivity contribution in [1.82, 2.24) is 5.32 Å². The van der Waals surface area contributed by atoms with Crippen molar-refractivity contribution in [2.24, 2.45) is 0 Å². The molecule has 0 amide bonds. The molecule has 1 aromatic carbocycles. The van der Waals surface area contributed by atoms with E-state index in [1.165, 1.54) is 0 Å². The fraction of sp³-hybridized carbons (Fsp3) is 0.571. The fourth-order valence-corrected chi connectivity index (χ4v) is 1.84. The number of benzene rings is 1. The molecule has 0 atom stereocenters. The van der Waals surface area contributed by atoms with Crippen molar-refractivity contribution in [3.63, 3.8) is 0 Å². The van der Waals surface area contributed by atoms with Gasteiger partial charge in [0.25, 0.3) is 0 Å². The normalized spacial score (nSPS) is 11.9. The zero-order valence-corrected chi connectivity index (χ0v) is 12.3. The van der Waals surface area contributed by atoms with Gasteiger partial charge in [-0.3, -0.25) is 0 Å². The number of hydrogen-bond acceptors (Lipinski definition) is 2. The van der Waals surface area contributed by atoms with Crippen molar-refractivity contribution in [2.45, 2.75) is 45.5 Å². The molecule has 0 saturated carbocycles. The van der Waals surface area contributed by atoms with Crippen LogP contribution in [0, 0.1) is 0 Å². The Morgan fingerprint density at radius 3 is 2.60 bits per heavy atom. The van der Waals surface area contributed by atoms with Gasteiger partial charge in [-0.15, -0.1) is 0 Å². The maximum Gasteiger partial charge on any atom is 0.389 e. The predicted molar refractivity (Wildman–Crippen MR) is 74.2 cm³/mol. The smallest absolute Gasteiger partial charge is 0.389 e. The largest absolute Gasteiger partial charge is 0.493 e. The van der Waals surface area contributed by atoms with Gasteiger partial charge in [-0.1, -0.05) is 31.5 Å². The van der Waals surface area contributed by atoms with Crippen LogP contribution in [0.15, 0.2) is 18.2 Å². The van der Waals surface area contributed by atoms with E-state index in [0.717, 1.165) is 5.56 Å². The Balaban J connectivity index is 2.58. The molecule has 0 saturated heterocycles. The Labute approximate surface area is 122 Å². The lowest BCUT2D eigenvalue weighted by molar-refractivity contribution is -0.136. The molecule has 1 N–H and O–H groups in total. The molecule has 0 aliphatic carbocycles. The van der Waals surface area contributed by atoms with Crippen LogP contribution in [-0.4, -0.2) is 18.8 Å². The monoisotopic (exact) mass is 309 g/mol. The molecule has 0 fully saturated rings. The SMILES string of the molecule is CC(C)NCc1c(Cl)cccc1OCCCC(F)(F)F. The quantitative estimate of drug-likeness (QED) is 0.746. The van der Waals surface area contributed by atoms with E-state index in [1.54, 1.807) is 18.2 Å². The van der Waals surface area contributed by atoms with E-state index >= 15 is 0 Å².